The number of rotatable bonds is 9. The monoisotopic (exact) mass is 433 g/mol. The van der Waals surface area contributed by atoms with E-state index in [-0.39, 0.29) is 13.0 Å². The summed E-state index contributed by atoms with van der Waals surface area (Å²) >= 11 is 0. The Kier molecular flexibility index (Phi) is 7.37. The van der Waals surface area contributed by atoms with Crippen LogP contribution in [0.3, 0.4) is 0 Å². The number of amides is 2. The lowest BCUT2D eigenvalue weighted by molar-refractivity contribution is -0.141. The SMILES string of the molecule is NN=CNc1cccc(C(=O)NCC(=O)NC(Cc2cccc3ccccc23)C(=O)O)c1. The highest BCUT2D eigenvalue weighted by Gasteiger charge is 2.21. The maximum Gasteiger partial charge on any atom is 0.326 e. The molecule has 6 N–H and O–H groups in total. The van der Waals surface area contributed by atoms with Crippen LogP contribution in [0, 0.1) is 0 Å². The van der Waals surface area contributed by atoms with Gasteiger partial charge in [-0.1, -0.05) is 48.5 Å². The minimum Gasteiger partial charge on any atom is -0.480 e. The van der Waals surface area contributed by atoms with Crippen molar-refractivity contribution in [2.75, 3.05) is 11.9 Å². The minimum atomic E-state index is -1.15. The van der Waals surface area contributed by atoms with Crippen LogP contribution >= 0.6 is 0 Å². The van der Waals surface area contributed by atoms with Gasteiger partial charge in [0, 0.05) is 17.7 Å². The quantitative estimate of drug-likeness (QED) is 0.150. The first-order valence-corrected chi connectivity index (χ1v) is 9.83. The van der Waals surface area contributed by atoms with E-state index in [9.17, 15) is 19.5 Å². The van der Waals surface area contributed by atoms with Crippen molar-refractivity contribution >= 4 is 40.6 Å². The number of carboxylic acids is 1. The molecule has 1 unspecified atom stereocenters. The van der Waals surface area contributed by atoms with Gasteiger partial charge in [0.25, 0.3) is 5.91 Å². The summed E-state index contributed by atoms with van der Waals surface area (Å²) < 4.78 is 0. The first-order chi connectivity index (χ1) is 15.5. The van der Waals surface area contributed by atoms with E-state index in [0.29, 0.717) is 11.3 Å². The van der Waals surface area contributed by atoms with Gasteiger partial charge in [-0.3, -0.25) is 9.59 Å². The zero-order chi connectivity index (χ0) is 22.9. The van der Waals surface area contributed by atoms with Crippen LogP contribution in [0.1, 0.15) is 15.9 Å². The molecule has 0 heterocycles. The van der Waals surface area contributed by atoms with E-state index in [1.165, 1.54) is 6.34 Å². The molecule has 32 heavy (non-hydrogen) atoms. The molecule has 1 atom stereocenters. The zero-order valence-corrected chi connectivity index (χ0v) is 17.1. The number of nitrogens with two attached hydrogens (primary N) is 1. The molecule has 0 saturated heterocycles. The van der Waals surface area contributed by atoms with Crippen molar-refractivity contribution in [1.29, 1.82) is 0 Å². The number of nitrogens with zero attached hydrogens (tertiary/aromatic N) is 1. The van der Waals surface area contributed by atoms with Crippen LogP contribution in [0.2, 0.25) is 0 Å². The number of anilines is 1. The Morgan fingerprint density at radius 2 is 1.78 bits per heavy atom. The number of hydrogen-bond acceptors (Lipinski definition) is 5. The standard InChI is InChI=1S/C23H23N5O4/c24-27-14-26-18-9-4-8-17(11-18)22(30)25-13-21(29)28-20(23(31)32)12-16-7-3-6-15-5-1-2-10-19(15)16/h1-11,14,20H,12-13,24H2,(H,25,30)(H,26,27)(H,28,29)(H,31,32). The molecule has 3 rings (SSSR count). The summed E-state index contributed by atoms with van der Waals surface area (Å²) in [5, 5.41) is 22.6. The molecular formula is C23H23N5O4. The van der Waals surface area contributed by atoms with E-state index in [0.717, 1.165) is 16.3 Å². The van der Waals surface area contributed by atoms with Crippen molar-refractivity contribution in [3.8, 4) is 0 Å². The van der Waals surface area contributed by atoms with Crippen molar-refractivity contribution in [2.24, 2.45) is 10.9 Å². The molecule has 0 spiro atoms. The number of hydrogen-bond donors (Lipinski definition) is 5. The van der Waals surface area contributed by atoms with Crippen LogP contribution in [0.5, 0.6) is 0 Å². The van der Waals surface area contributed by atoms with Crippen molar-refractivity contribution in [2.45, 2.75) is 12.5 Å². The Balaban J connectivity index is 1.61. The van der Waals surface area contributed by atoms with Gasteiger partial charge in [0.15, 0.2) is 0 Å². The van der Waals surface area contributed by atoms with E-state index in [1.807, 2.05) is 42.5 Å². The normalized spacial score (nSPS) is 11.8. The fourth-order valence-electron chi connectivity index (χ4n) is 3.26. The number of carbonyl (C=O) groups excluding carboxylic acids is 2. The molecule has 0 saturated carbocycles. The van der Waals surface area contributed by atoms with E-state index >= 15 is 0 Å². The highest BCUT2D eigenvalue weighted by atomic mass is 16.4. The molecule has 9 heteroatoms. The molecule has 3 aromatic carbocycles. The fourth-order valence-corrected chi connectivity index (χ4v) is 3.26. The fraction of sp³-hybridized carbons (Fsp3) is 0.130. The molecule has 0 radical (unpaired) electrons. The van der Waals surface area contributed by atoms with Gasteiger partial charge in [-0.25, -0.2) is 4.79 Å². The largest absolute Gasteiger partial charge is 0.480 e. The summed E-state index contributed by atoms with van der Waals surface area (Å²) in [6, 6.07) is 18.7. The Hall–Kier alpha value is -4.40. The molecule has 0 bridgehead atoms. The zero-order valence-electron chi connectivity index (χ0n) is 17.1. The molecule has 164 valence electrons. The van der Waals surface area contributed by atoms with Crippen molar-refractivity contribution in [3.05, 3.63) is 77.9 Å². The number of hydrazone groups is 1. The molecule has 0 aromatic heterocycles. The third-order valence-electron chi connectivity index (χ3n) is 4.78. The van der Waals surface area contributed by atoms with Crippen molar-refractivity contribution in [3.63, 3.8) is 0 Å². The second kappa shape index (κ2) is 10.6. The number of carbonyl (C=O) groups is 3. The second-order valence-electron chi connectivity index (χ2n) is 6.99. The van der Waals surface area contributed by atoms with Gasteiger partial charge < -0.3 is 26.9 Å². The maximum atomic E-state index is 12.3. The topological polar surface area (TPSA) is 146 Å². The highest BCUT2D eigenvalue weighted by Crippen LogP contribution is 2.20. The van der Waals surface area contributed by atoms with Gasteiger partial charge in [0.05, 0.1) is 6.54 Å². The minimum absolute atomic E-state index is 0.118. The summed E-state index contributed by atoms with van der Waals surface area (Å²) in [5.74, 6) is 2.80. The van der Waals surface area contributed by atoms with Gasteiger partial charge in [0.2, 0.25) is 5.91 Å². The Morgan fingerprint density at radius 1 is 1.03 bits per heavy atom. The predicted molar refractivity (Wildman–Crippen MR) is 122 cm³/mol. The lowest BCUT2D eigenvalue weighted by atomic mass is 9.99. The van der Waals surface area contributed by atoms with Crippen molar-refractivity contribution in [1.82, 2.24) is 10.6 Å². The van der Waals surface area contributed by atoms with Gasteiger partial charge in [-0.15, -0.1) is 0 Å². The number of carboxylic acid groups (broad SMARTS) is 1. The summed E-state index contributed by atoms with van der Waals surface area (Å²) in [6.07, 6.45) is 1.39. The van der Waals surface area contributed by atoms with E-state index in [4.69, 9.17) is 5.84 Å². The lowest BCUT2D eigenvalue weighted by Crippen LogP contribution is -2.46. The van der Waals surface area contributed by atoms with E-state index in [2.05, 4.69) is 21.1 Å². The average molecular weight is 433 g/mol. The first kappa shape index (κ1) is 22.3. The van der Waals surface area contributed by atoms with E-state index < -0.39 is 23.8 Å². The number of fused-ring (bicyclic) bond motifs is 1. The number of nitrogens with one attached hydrogen (secondary N) is 3. The van der Waals surface area contributed by atoms with Gasteiger partial charge in [-0.05, 0) is 34.5 Å². The Labute approximate surface area is 184 Å². The molecule has 3 aromatic rings. The Bertz CT molecular complexity index is 1160. The third kappa shape index (κ3) is 5.82. The summed E-state index contributed by atoms with van der Waals surface area (Å²) in [6.45, 7) is -0.361. The van der Waals surface area contributed by atoms with Crippen LogP contribution in [-0.2, 0) is 16.0 Å². The van der Waals surface area contributed by atoms with Crippen LogP contribution in [0.15, 0.2) is 71.8 Å². The van der Waals surface area contributed by atoms with Crippen LogP contribution in [0.4, 0.5) is 5.69 Å². The van der Waals surface area contributed by atoms with Crippen molar-refractivity contribution < 1.29 is 19.5 Å². The molecule has 0 fully saturated rings. The summed E-state index contributed by atoms with van der Waals surface area (Å²) in [7, 11) is 0. The van der Waals surface area contributed by atoms with Gasteiger partial charge >= 0.3 is 5.97 Å². The van der Waals surface area contributed by atoms with Crippen LogP contribution < -0.4 is 21.8 Å². The molecule has 0 aliphatic rings. The molecule has 0 aliphatic heterocycles. The molecule has 2 amide bonds. The summed E-state index contributed by atoms with van der Waals surface area (Å²) in [5.41, 5.74) is 1.72. The maximum absolute atomic E-state index is 12.3. The third-order valence-corrected chi connectivity index (χ3v) is 4.78. The number of benzene rings is 3. The Morgan fingerprint density at radius 3 is 2.56 bits per heavy atom. The second-order valence-corrected chi connectivity index (χ2v) is 6.99. The van der Waals surface area contributed by atoms with E-state index in [1.54, 1.807) is 24.3 Å². The molecule has 0 aliphatic carbocycles. The molecule has 9 nitrogen and oxygen atoms in total. The van der Waals surface area contributed by atoms with Gasteiger partial charge in [0.1, 0.15) is 12.4 Å². The lowest BCUT2D eigenvalue weighted by Gasteiger charge is -2.16. The predicted octanol–water partition coefficient (Wildman–Crippen LogP) is 1.70. The van der Waals surface area contributed by atoms with Gasteiger partial charge in [-0.2, -0.15) is 5.10 Å². The molecular weight excluding hydrogens is 410 g/mol. The summed E-state index contributed by atoms with van der Waals surface area (Å²) in [4.78, 5) is 36.4. The van der Waals surface area contributed by atoms with Crippen LogP contribution in [0.25, 0.3) is 10.8 Å². The number of aliphatic carboxylic acids is 1. The highest BCUT2D eigenvalue weighted by molar-refractivity contribution is 5.98. The average Bonchev–Trinajstić information content (AvgIpc) is 2.81. The smallest absolute Gasteiger partial charge is 0.326 e. The van der Waals surface area contributed by atoms with Crippen LogP contribution in [-0.4, -0.2) is 41.8 Å². The first-order valence-electron chi connectivity index (χ1n) is 9.83.